The summed E-state index contributed by atoms with van der Waals surface area (Å²) in [6, 6.07) is 0. The third-order valence-electron chi connectivity index (χ3n) is 9.57. The van der Waals surface area contributed by atoms with Crippen LogP contribution in [0.4, 0.5) is 0 Å². The molecule has 4 aliphatic carbocycles. The first-order valence-corrected chi connectivity index (χ1v) is 10.7. The van der Waals surface area contributed by atoms with E-state index in [1.807, 2.05) is 6.92 Å². The Morgan fingerprint density at radius 3 is 2.67 bits per heavy atom. The van der Waals surface area contributed by atoms with E-state index in [9.17, 15) is 14.7 Å². The molecule has 0 unspecified atom stereocenters. The van der Waals surface area contributed by atoms with Crippen LogP contribution < -0.4 is 0 Å². The first-order valence-electron chi connectivity index (χ1n) is 10.7. The number of carbonyl (C=O) groups is 2. The third kappa shape index (κ3) is 2.24. The summed E-state index contributed by atoms with van der Waals surface area (Å²) in [6.07, 6.45) is 9.41. The van der Waals surface area contributed by atoms with Gasteiger partial charge in [0.2, 0.25) is 0 Å². The number of hydrogen-bond donors (Lipinski definition) is 1. The summed E-state index contributed by atoms with van der Waals surface area (Å²) in [7, 11) is 0. The van der Waals surface area contributed by atoms with Gasteiger partial charge in [0.1, 0.15) is 5.78 Å². The van der Waals surface area contributed by atoms with Gasteiger partial charge in [0.15, 0.2) is 5.78 Å². The minimum Gasteiger partial charge on any atom is -0.393 e. The van der Waals surface area contributed by atoms with Crippen LogP contribution >= 0.6 is 0 Å². The fourth-order valence-electron chi connectivity index (χ4n) is 7.84. The first-order chi connectivity index (χ1) is 12.6. The Morgan fingerprint density at radius 2 is 2.00 bits per heavy atom. The molecule has 4 aliphatic rings. The van der Waals surface area contributed by atoms with Gasteiger partial charge in [0.25, 0.3) is 0 Å². The van der Waals surface area contributed by atoms with Crippen LogP contribution in [0, 0.1) is 39.9 Å². The van der Waals surface area contributed by atoms with Crippen molar-refractivity contribution in [1.29, 1.82) is 0 Å². The van der Waals surface area contributed by atoms with Gasteiger partial charge in [-0.1, -0.05) is 46.3 Å². The Kier molecular flexibility index (Phi) is 4.17. The largest absolute Gasteiger partial charge is 0.393 e. The van der Waals surface area contributed by atoms with Crippen molar-refractivity contribution in [3.8, 4) is 0 Å². The number of aliphatic hydroxyl groups is 1. The lowest BCUT2D eigenvalue weighted by Crippen LogP contribution is -2.58. The quantitative estimate of drug-likeness (QED) is 0.779. The van der Waals surface area contributed by atoms with Gasteiger partial charge in [-0.2, -0.15) is 0 Å². The van der Waals surface area contributed by atoms with Crippen molar-refractivity contribution >= 4 is 11.6 Å². The zero-order valence-electron chi connectivity index (χ0n) is 17.4. The van der Waals surface area contributed by atoms with E-state index in [1.54, 1.807) is 12.2 Å². The van der Waals surface area contributed by atoms with Gasteiger partial charge in [0, 0.05) is 23.2 Å². The highest BCUT2D eigenvalue weighted by atomic mass is 16.3. The summed E-state index contributed by atoms with van der Waals surface area (Å²) in [5.41, 5.74) is 0.464. The van der Waals surface area contributed by atoms with E-state index >= 15 is 0 Å². The van der Waals surface area contributed by atoms with E-state index in [2.05, 4.69) is 33.8 Å². The normalized spacial score (nSPS) is 51.3. The maximum Gasteiger partial charge on any atom is 0.178 e. The molecule has 0 amide bonds. The van der Waals surface area contributed by atoms with E-state index in [4.69, 9.17) is 0 Å². The molecule has 3 fully saturated rings. The molecule has 0 spiro atoms. The molecule has 0 aromatic rings. The highest BCUT2D eigenvalue weighted by Gasteiger charge is 2.68. The predicted molar refractivity (Wildman–Crippen MR) is 106 cm³/mol. The lowest BCUT2D eigenvalue weighted by Gasteiger charge is -2.60. The summed E-state index contributed by atoms with van der Waals surface area (Å²) in [6.45, 7) is 10.9. The molecule has 0 aromatic heterocycles. The van der Waals surface area contributed by atoms with Crippen LogP contribution in [-0.2, 0) is 9.59 Å². The summed E-state index contributed by atoms with van der Waals surface area (Å²) >= 11 is 0. The highest BCUT2D eigenvalue weighted by Crippen LogP contribution is 2.71. The fourth-order valence-corrected chi connectivity index (χ4v) is 7.84. The summed E-state index contributed by atoms with van der Waals surface area (Å²) in [5, 5.41) is 11.4. The smallest absolute Gasteiger partial charge is 0.178 e. The fraction of sp³-hybridized carbons (Fsp3) is 0.750. The molecule has 0 saturated heterocycles. The lowest BCUT2D eigenvalue weighted by molar-refractivity contribution is -0.155. The number of fused-ring (bicyclic) bond motifs is 5. The molecule has 0 heterocycles. The molecule has 0 aromatic carbocycles. The second kappa shape index (κ2) is 5.89. The molecule has 3 saturated carbocycles. The Hall–Kier alpha value is -1.22. The zero-order chi connectivity index (χ0) is 19.8. The van der Waals surface area contributed by atoms with E-state index in [1.165, 1.54) is 5.57 Å². The maximum absolute atomic E-state index is 13.1. The number of Topliss-reactive ketones (excluding diaryl/α,β-unsaturated/α-hetero) is 1. The molecule has 1 N–H and O–H groups in total. The molecular weight excluding hydrogens is 336 g/mol. The Morgan fingerprint density at radius 1 is 1.30 bits per heavy atom. The van der Waals surface area contributed by atoms with Crippen LogP contribution in [0.15, 0.2) is 23.8 Å². The van der Waals surface area contributed by atoms with Gasteiger partial charge >= 0.3 is 0 Å². The van der Waals surface area contributed by atoms with Gasteiger partial charge in [0.05, 0.1) is 6.10 Å². The monoisotopic (exact) mass is 370 g/mol. The third-order valence-corrected chi connectivity index (χ3v) is 9.57. The number of rotatable bonds is 2. The topological polar surface area (TPSA) is 54.4 Å². The van der Waals surface area contributed by atoms with Crippen molar-refractivity contribution in [2.75, 3.05) is 0 Å². The zero-order valence-corrected chi connectivity index (χ0v) is 17.4. The molecule has 0 aliphatic heterocycles. The molecule has 0 radical (unpaired) electrons. The van der Waals surface area contributed by atoms with E-state index in [0.717, 1.165) is 19.3 Å². The van der Waals surface area contributed by atoms with E-state index in [0.29, 0.717) is 36.4 Å². The van der Waals surface area contributed by atoms with Gasteiger partial charge in [-0.25, -0.2) is 0 Å². The average molecular weight is 371 g/mol. The second-order valence-electron chi connectivity index (χ2n) is 10.3. The molecule has 0 bridgehead atoms. The minimum atomic E-state index is -0.433. The SMILES string of the molecule is CCC(=O)[C@@]1(C)[C@H](C)C[C@H]2[C@@H]3CCC4=CC(=O)C=C[C@@]4(C)[C@H]3[C@@H](O)C[C@@]21C. The van der Waals surface area contributed by atoms with Gasteiger partial charge in [-0.3, -0.25) is 9.59 Å². The molecular formula is C24H34O3. The molecule has 8 atom stereocenters. The van der Waals surface area contributed by atoms with Gasteiger partial charge in [-0.05, 0) is 61.0 Å². The van der Waals surface area contributed by atoms with Crippen LogP contribution in [0.1, 0.15) is 66.7 Å². The molecule has 148 valence electrons. The lowest BCUT2D eigenvalue weighted by atomic mass is 9.44. The van der Waals surface area contributed by atoms with Crippen molar-refractivity contribution in [1.82, 2.24) is 0 Å². The Labute approximate surface area is 163 Å². The number of aliphatic hydroxyl groups excluding tert-OH is 1. The second-order valence-corrected chi connectivity index (χ2v) is 10.3. The van der Waals surface area contributed by atoms with Crippen LogP contribution in [0.5, 0.6) is 0 Å². The highest BCUT2D eigenvalue weighted by molar-refractivity contribution is 6.01. The number of hydrogen-bond acceptors (Lipinski definition) is 3. The van der Waals surface area contributed by atoms with E-state index in [-0.39, 0.29) is 27.9 Å². The number of carbonyl (C=O) groups excluding carboxylic acids is 2. The van der Waals surface area contributed by atoms with Crippen molar-refractivity contribution in [3.05, 3.63) is 23.8 Å². The van der Waals surface area contributed by atoms with E-state index < -0.39 is 6.10 Å². The van der Waals surface area contributed by atoms with Crippen molar-refractivity contribution in [2.24, 2.45) is 39.9 Å². The van der Waals surface area contributed by atoms with Gasteiger partial charge < -0.3 is 5.11 Å². The molecule has 3 nitrogen and oxygen atoms in total. The van der Waals surface area contributed by atoms with Crippen molar-refractivity contribution < 1.29 is 14.7 Å². The van der Waals surface area contributed by atoms with Crippen LogP contribution in [-0.4, -0.2) is 22.8 Å². The maximum atomic E-state index is 13.1. The summed E-state index contributed by atoms with van der Waals surface area (Å²) < 4.78 is 0. The first kappa shape index (κ1) is 19.1. The predicted octanol–water partition coefficient (Wildman–Crippen LogP) is 4.50. The van der Waals surface area contributed by atoms with Crippen LogP contribution in [0.2, 0.25) is 0 Å². The summed E-state index contributed by atoms with van der Waals surface area (Å²) in [4.78, 5) is 25.0. The van der Waals surface area contributed by atoms with Gasteiger partial charge in [-0.15, -0.1) is 0 Å². The average Bonchev–Trinajstić information content (AvgIpc) is 2.82. The Bertz CT molecular complexity index is 749. The summed E-state index contributed by atoms with van der Waals surface area (Å²) in [5.74, 6) is 1.80. The molecule has 27 heavy (non-hydrogen) atoms. The van der Waals surface area contributed by atoms with Crippen LogP contribution in [0.25, 0.3) is 0 Å². The van der Waals surface area contributed by atoms with Crippen molar-refractivity contribution in [3.63, 3.8) is 0 Å². The molecule has 4 rings (SSSR count). The van der Waals surface area contributed by atoms with Crippen molar-refractivity contribution in [2.45, 2.75) is 72.8 Å². The standard InChI is InChI=1S/C24H34O3/c1-6-20(27)24(5)14(2)11-18-17-8-7-15-12-16(25)9-10-22(15,3)21(17)19(26)13-23(18,24)4/h9-10,12,14,17-19,21,26H,6-8,11,13H2,1-5H3/t14-,17+,18+,19+,21-,22-,23+,24-/m1/s1. The molecule has 3 heteroatoms. The number of allylic oxidation sites excluding steroid dienone is 4. The van der Waals surface area contributed by atoms with Crippen LogP contribution in [0.3, 0.4) is 0 Å². The number of ketones is 2. The Balaban J connectivity index is 1.78. The minimum absolute atomic E-state index is 0.0756.